The van der Waals surface area contributed by atoms with Gasteiger partial charge in [-0.3, -0.25) is 0 Å². The Labute approximate surface area is 175 Å². The second-order valence-electron chi connectivity index (χ2n) is 6.62. The fourth-order valence-electron chi connectivity index (χ4n) is 3.01. The zero-order valence-electron chi connectivity index (χ0n) is 16.6. The summed E-state index contributed by atoms with van der Waals surface area (Å²) in [5, 5.41) is 0. The summed E-state index contributed by atoms with van der Waals surface area (Å²) in [6.07, 6.45) is 1.68. The van der Waals surface area contributed by atoms with E-state index in [1.165, 1.54) is 0 Å². The van der Waals surface area contributed by atoms with Crippen molar-refractivity contribution in [2.45, 2.75) is 13.5 Å². The number of hydrogen-bond donors (Lipinski definition) is 0. The van der Waals surface area contributed by atoms with Gasteiger partial charge in [-0.1, -0.05) is 54.6 Å². The molecule has 5 nitrogen and oxygen atoms in total. The quantitative estimate of drug-likeness (QED) is 0.414. The van der Waals surface area contributed by atoms with Crippen molar-refractivity contribution in [3.05, 3.63) is 101 Å². The van der Waals surface area contributed by atoms with Crippen molar-refractivity contribution in [1.82, 2.24) is 0 Å². The van der Waals surface area contributed by atoms with Crippen LogP contribution in [0.1, 0.15) is 23.6 Å². The van der Waals surface area contributed by atoms with Crippen LogP contribution < -0.4 is 9.47 Å². The van der Waals surface area contributed by atoms with Crippen LogP contribution in [0.5, 0.6) is 11.5 Å². The Bertz CT molecular complexity index is 1090. The minimum atomic E-state index is -0.477. The highest BCUT2D eigenvalue weighted by molar-refractivity contribution is 6.12. The van der Waals surface area contributed by atoms with Gasteiger partial charge in [-0.05, 0) is 48.4 Å². The number of carbonyl (C=O) groups is 1. The van der Waals surface area contributed by atoms with Gasteiger partial charge in [-0.15, -0.1) is 0 Å². The minimum absolute atomic E-state index is 0.243. The summed E-state index contributed by atoms with van der Waals surface area (Å²) < 4.78 is 17.0. The molecule has 1 aliphatic rings. The Balaban J connectivity index is 1.59. The van der Waals surface area contributed by atoms with Gasteiger partial charge in [0.1, 0.15) is 6.61 Å². The van der Waals surface area contributed by atoms with Crippen LogP contribution >= 0.6 is 0 Å². The fourth-order valence-corrected chi connectivity index (χ4v) is 3.01. The molecular weight excluding hydrogens is 378 g/mol. The van der Waals surface area contributed by atoms with E-state index in [1.807, 2.05) is 85.8 Å². The first-order valence-electron chi connectivity index (χ1n) is 9.74. The fraction of sp³-hybridized carbons (Fsp3) is 0.120. The lowest BCUT2D eigenvalue weighted by Crippen LogP contribution is -2.05. The first-order valence-corrected chi connectivity index (χ1v) is 9.74. The summed E-state index contributed by atoms with van der Waals surface area (Å²) in [5.41, 5.74) is 2.83. The van der Waals surface area contributed by atoms with Crippen LogP contribution in [-0.4, -0.2) is 18.5 Å². The lowest BCUT2D eigenvalue weighted by Gasteiger charge is -2.13. The van der Waals surface area contributed by atoms with E-state index in [2.05, 4.69) is 4.99 Å². The minimum Gasteiger partial charge on any atom is -0.490 e. The van der Waals surface area contributed by atoms with E-state index in [0.29, 0.717) is 30.6 Å². The van der Waals surface area contributed by atoms with Crippen molar-refractivity contribution < 1.29 is 19.0 Å². The zero-order chi connectivity index (χ0) is 20.8. The summed E-state index contributed by atoms with van der Waals surface area (Å²) in [6.45, 7) is 2.86. The van der Waals surface area contributed by atoms with Gasteiger partial charge >= 0.3 is 5.97 Å². The van der Waals surface area contributed by atoms with Gasteiger partial charge in [0.2, 0.25) is 5.90 Å². The van der Waals surface area contributed by atoms with Crippen LogP contribution in [0.25, 0.3) is 6.08 Å². The van der Waals surface area contributed by atoms with Gasteiger partial charge in [-0.25, -0.2) is 9.79 Å². The van der Waals surface area contributed by atoms with E-state index in [4.69, 9.17) is 14.2 Å². The Hall–Kier alpha value is -3.86. The Morgan fingerprint density at radius 2 is 1.63 bits per heavy atom. The zero-order valence-corrected chi connectivity index (χ0v) is 16.6. The van der Waals surface area contributed by atoms with Crippen molar-refractivity contribution >= 4 is 17.9 Å². The van der Waals surface area contributed by atoms with E-state index in [-0.39, 0.29) is 5.70 Å². The normalized spacial score (nSPS) is 14.4. The molecule has 0 unspecified atom stereocenters. The highest BCUT2D eigenvalue weighted by atomic mass is 16.6. The van der Waals surface area contributed by atoms with Crippen LogP contribution in [0.2, 0.25) is 0 Å². The largest absolute Gasteiger partial charge is 0.490 e. The van der Waals surface area contributed by atoms with E-state index in [0.717, 1.165) is 16.7 Å². The number of benzene rings is 3. The highest BCUT2D eigenvalue weighted by Crippen LogP contribution is 2.31. The van der Waals surface area contributed by atoms with E-state index in [1.54, 1.807) is 6.08 Å². The van der Waals surface area contributed by atoms with Crippen LogP contribution in [0.3, 0.4) is 0 Å². The molecule has 1 aliphatic heterocycles. The first kappa shape index (κ1) is 19.5. The van der Waals surface area contributed by atoms with Crippen molar-refractivity contribution in [2.24, 2.45) is 4.99 Å². The summed E-state index contributed by atoms with van der Waals surface area (Å²) in [6, 6.07) is 24.8. The van der Waals surface area contributed by atoms with Crippen molar-refractivity contribution in [1.29, 1.82) is 0 Å². The number of ether oxygens (including phenoxy) is 3. The molecule has 0 radical (unpaired) electrons. The maximum Gasteiger partial charge on any atom is 0.363 e. The lowest BCUT2D eigenvalue weighted by molar-refractivity contribution is -0.129. The molecule has 0 aliphatic carbocycles. The molecular formula is C25H21NO4. The summed E-state index contributed by atoms with van der Waals surface area (Å²) in [7, 11) is 0. The molecule has 3 aromatic carbocycles. The average molecular weight is 399 g/mol. The van der Waals surface area contributed by atoms with E-state index >= 15 is 0 Å². The molecule has 0 amide bonds. The average Bonchev–Trinajstić information content (AvgIpc) is 3.15. The number of rotatable bonds is 7. The molecule has 30 heavy (non-hydrogen) atoms. The predicted octanol–water partition coefficient (Wildman–Crippen LogP) is 5.01. The molecule has 1 heterocycles. The molecule has 0 fully saturated rings. The van der Waals surface area contributed by atoms with Crippen LogP contribution in [-0.2, 0) is 16.1 Å². The standard InChI is InChI=1S/C25H21NO4/c1-2-28-22-14-13-19(16-23(22)29-17-18-9-5-3-6-10-18)15-21-25(27)30-24(26-21)20-11-7-4-8-12-20/h3-16H,2,17H2,1H3/b21-15-. The number of hydrogen-bond acceptors (Lipinski definition) is 5. The molecule has 5 heteroatoms. The van der Waals surface area contributed by atoms with E-state index < -0.39 is 5.97 Å². The highest BCUT2D eigenvalue weighted by Gasteiger charge is 2.24. The van der Waals surface area contributed by atoms with Gasteiger partial charge in [0.15, 0.2) is 17.2 Å². The smallest absolute Gasteiger partial charge is 0.363 e. The number of aliphatic imine (C=N–C) groups is 1. The van der Waals surface area contributed by atoms with Crippen molar-refractivity contribution in [3.63, 3.8) is 0 Å². The third-order valence-electron chi connectivity index (χ3n) is 4.45. The van der Waals surface area contributed by atoms with Crippen LogP contribution in [0.4, 0.5) is 0 Å². The van der Waals surface area contributed by atoms with Gasteiger partial charge in [-0.2, -0.15) is 0 Å². The predicted molar refractivity (Wildman–Crippen MR) is 115 cm³/mol. The van der Waals surface area contributed by atoms with Crippen molar-refractivity contribution in [2.75, 3.05) is 6.61 Å². The van der Waals surface area contributed by atoms with Crippen LogP contribution in [0.15, 0.2) is 89.6 Å². The van der Waals surface area contributed by atoms with Crippen LogP contribution in [0, 0.1) is 0 Å². The summed E-state index contributed by atoms with van der Waals surface area (Å²) in [5.74, 6) is 1.08. The van der Waals surface area contributed by atoms with Gasteiger partial charge in [0.05, 0.1) is 6.61 Å². The topological polar surface area (TPSA) is 57.1 Å². The summed E-state index contributed by atoms with van der Waals surface area (Å²) in [4.78, 5) is 16.6. The molecule has 4 rings (SSSR count). The Morgan fingerprint density at radius 3 is 2.37 bits per heavy atom. The maximum atomic E-state index is 12.3. The second-order valence-corrected chi connectivity index (χ2v) is 6.62. The number of carbonyl (C=O) groups excluding carboxylic acids is 1. The van der Waals surface area contributed by atoms with Gasteiger partial charge in [0.25, 0.3) is 0 Å². The number of cyclic esters (lactones) is 1. The maximum absolute atomic E-state index is 12.3. The molecule has 0 atom stereocenters. The third kappa shape index (κ3) is 4.58. The third-order valence-corrected chi connectivity index (χ3v) is 4.45. The molecule has 0 saturated heterocycles. The molecule has 0 saturated carbocycles. The monoisotopic (exact) mass is 399 g/mol. The molecule has 150 valence electrons. The van der Waals surface area contributed by atoms with E-state index in [9.17, 15) is 4.79 Å². The molecule has 3 aromatic rings. The number of nitrogens with zero attached hydrogens (tertiary/aromatic N) is 1. The Morgan fingerprint density at radius 1 is 0.900 bits per heavy atom. The number of esters is 1. The molecule has 0 N–H and O–H groups in total. The van der Waals surface area contributed by atoms with Gasteiger partial charge in [0, 0.05) is 5.56 Å². The SMILES string of the molecule is CCOc1ccc(/C=C2\N=C(c3ccccc3)OC2=O)cc1OCc1ccccc1. The molecule has 0 bridgehead atoms. The lowest BCUT2D eigenvalue weighted by atomic mass is 10.1. The Kier molecular flexibility index (Phi) is 5.90. The van der Waals surface area contributed by atoms with Crippen molar-refractivity contribution in [3.8, 4) is 11.5 Å². The van der Waals surface area contributed by atoms with Gasteiger partial charge < -0.3 is 14.2 Å². The molecule has 0 spiro atoms. The summed E-state index contributed by atoms with van der Waals surface area (Å²) >= 11 is 0. The molecule has 0 aromatic heterocycles. The second kappa shape index (κ2) is 9.09. The first-order chi connectivity index (χ1) is 14.7.